The molecule has 15 heavy (non-hydrogen) atoms. The van der Waals surface area contributed by atoms with E-state index in [2.05, 4.69) is 19.1 Å². The van der Waals surface area contributed by atoms with E-state index in [1.54, 1.807) is 4.90 Å². The van der Waals surface area contributed by atoms with Crippen LogP contribution in [0.5, 0.6) is 0 Å². The van der Waals surface area contributed by atoms with E-state index in [4.69, 9.17) is 4.74 Å². The van der Waals surface area contributed by atoms with Gasteiger partial charge in [0.2, 0.25) is 5.91 Å². The zero-order chi connectivity index (χ0) is 11.0. The topological polar surface area (TPSA) is 29.5 Å². The third-order valence-electron chi connectivity index (χ3n) is 3.59. The molecule has 0 N–H and O–H groups in total. The number of hydrogen-bond acceptors (Lipinski definition) is 2. The summed E-state index contributed by atoms with van der Waals surface area (Å²) in [7, 11) is 1.85. The van der Waals surface area contributed by atoms with Gasteiger partial charge in [-0.2, -0.15) is 0 Å². The molecule has 1 fully saturated rings. The molecule has 0 aromatic rings. The van der Waals surface area contributed by atoms with Gasteiger partial charge in [0, 0.05) is 19.6 Å². The van der Waals surface area contributed by atoms with Crippen LogP contribution in [0.4, 0.5) is 0 Å². The highest BCUT2D eigenvalue weighted by atomic mass is 16.5. The fraction of sp³-hybridized carbons (Fsp3) is 0.750. The lowest BCUT2D eigenvalue weighted by Crippen LogP contribution is -2.34. The molecule has 2 aliphatic rings. The van der Waals surface area contributed by atoms with Gasteiger partial charge in [0.05, 0.1) is 5.92 Å². The summed E-state index contributed by atoms with van der Waals surface area (Å²) in [4.78, 5) is 13.8. The van der Waals surface area contributed by atoms with Crippen molar-refractivity contribution >= 4 is 5.91 Å². The highest BCUT2D eigenvalue weighted by Gasteiger charge is 2.49. The van der Waals surface area contributed by atoms with Gasteiger partial charge in [-0.3, -0.25) is 4.79 Å². The summed E-state index contributed by atoms with van der Waals surface area (Å²) in [6, 6.07) is 0. The van der Waals surface area contributed by atoms with E-state index < -0.39 is 0 Å². The van der Waals surface area contributed by atoms with Crippen LogP contribution in [0.3, 0.4) is 0 Å². The number of amides is 1. The zero-order valence-corrected chi connectivity index (χ0v) is 9.64. The Bertz CT molecular complexity index is 287. The number of carbonyl (C=O) groups is 1. The van der Waals surface area contributed by atoms with E-state index in [-0.39, 0.29) is 18.1 Å². The molecule has 1 heterocycles. The average Bonchev–Trinajstić information content (AvgIpc) is 2.45. The van der Waals surface area contributed by atoms with Crippen molar-refractivity contribution in [1.82, 2.24) is 4.90 Å². The van der Waals surface area contributed by atoms with Crippen LogP contribution in [-0.4, -0.2) is 30.7 Å². The molecule has 4 atom stereocenters. The number of likely N-dealkylation sites (tertiary alicyclic amines) is 1. The number of fused-ring (bicyclic) bond motifs is 1. The van der Waals surface area contributed by atoms with Crippen molar-refractivity contribution in [1.29, 1.82) is 0 Å². The Kier molecular flexibility index (Phi) is 2.83. The summed E-state index contributed by atoms with van der Waals surface area (Å²) in [6.45, 7) is 4.77. The standard InChI is InChI=1S/C12H19NO2/c1-4-15-12-9-7-5-6-8(2)10(9)11(14)13(12)3/h5-6,8-10,12H,4,7H2,1-3H3/t8-,9-,10+,12+/m1/s1. The molecule has 0 aromatic heterocycles. The molecular weight excluding hydrogens is 190 g/mol. The lowest BCUT2D eigenvalue weighted by Gasteiger charge is -2.28. The normalized spacial score (nSPS) is 39.7. The highest BCUT2D eigenvalue weighted by molar-refractivity contribution is 5.82. The third kappa shape index (κ3) is 1.59. The SMILES string of the molecule is CCO[C@H]1[C@@H]2CC=C[C@@H](C)[C@@H]2C(=O)N1C. The van der Waals surface area contributed by atoms with Crippen LogP contribution >= 0.6 is 0 Å². The summed E-state index contributed by atoms with van der Waals surface area (Å²) >= 11 is 0. The van der Waals surface area contributed by atoms with Gasteiger partial charge in [-0.1, -0.05) is 19.1 Å². The van der Waals surface area contributed by atoms with E-state index in [1.807, 2.05) is 14.0 Å². The third-order valence-corrected chi connectivity index (χ3v) is 3.59. The van der Waals surface area contributed by atoms with Crippen molar-refractivity contribution in [2.45, 2.75) is 26.5 Å². The van der Waals surface area contributed by atoms with Crippen LogP contribution in [0.15, 0.2) is 12.2 Å². The molecule has 0 unspecified atom stereocenters. The minimum Gasteiger partial charge on any atom is -0.358 e. The van der Waals surface area contributed by atoms with Gasteiger partial charge in [-0.25, -0.2) is 0 Å². The first-order valence-electron chi connectivity index (χ1n) is 5.71. The smallest absolute Gasteiger partial charge is 0.228 e. The van der Waals surface area contributed by atoms with Gasteiger partial charge in [-0.15, -0.1) is 0 Å². The number of carbonyl (C=O) groups excluding carboxylic acids is 1. The molecule has 1 aliphatic carbocycles. The van der Waals surface area contributed by atoms with Crippen molar-refractivity contribution < 1.29 is 9.53 Å². The lowest BCUT2D eigenvalue weighted by molar-refractivity contribution is -0.136. The van der Waals surface area contributed by atoms with Crippen LogP contribution < -0.4 is 0 Å². The van der Waals surface area contributed by atoms with Gasteiger partial charge < -0.3 is 9.64 Å². The Labute approximate surface area is 91.1 Å². The summed E-state index contributed by atoms with van der Waals surface area (Å²) in [5.41, 5.74) is 0. The molecule has 3 nitrogen and oxygen atoms in total. The average molecular weight is 209 g/mol. The zero-order valence-electron chi connectivity index (χ0n) is 9.64. The minimum absolute atomic E-state index is 0.0140. The lowest BCUT2D eigenvalue weighted by atomic mass is 9.78. The molecule has 1 saturated heterocycles. The summed E-state index contributed by atoms with van der Waals surface area (Å²) in [5, 5.41) is 0. The van der Waals surface area contributed by atoms with E-state index in [0.29, 0.717) is 18.4 Å². The molecule has 1 amide bonds. The van der Waals surface area contributed by atoms with Crippen molar-refractivity contribution in [3.8, 4) is 0 Å². The van der Waals surface area contributed by atoms with Crippen molar-refractivity contribution in [3.05, 3.63) is 12.2 Å². The Hall–Kier alpha value is -0.830. The summed E-state index contributed by atoms with van der Waals surface area (Å²) < 4.78 is 5.67. The second-order valence-electron chi connectivity index (χ2n) is 4.51. The number of nitrogens with zero attached hydrogens (tertiary/aromatic N) is 1. The fourth-order valence-corrected chi connectivity index (χ4v) is 2.86. The van der Waals surface area contributed by atoms with Crippen LogP contribution in [0.2, 0.25) is 0 Å². The Balaban J connectivity index is 2.23. The highest BCUT2D eigenvalue weighted by Crippen LogP contribution is 2.41. The number of hydrogen-bond donors (Lipinski definition) is 0. The second-order valence-corrected chi connectivity index (χ2v) is 4.51. The fourth-order valence-electron chi connectivity index (χ4n) is 2.86. The first-order valence-corrected chi connectivity index (χ1v) is 5.71. The Morgan fingerprint density at radius 3 is 3.00 bits per heavy atom. The van der Waals surface area contributed by atoms with E-state index in [0.717, 1.165) is 6.42 Å². The Morgan fingerprint density at radius 1 is 1.60 bits per heavy atom. The first-order chi connectivity index (χ1) is 7.16. The molecule has 0 radical (unpaired) electrons. The van der Waals surface area contributed by atoms with Gasteiger partial charge in [0.25, 0.3) is 0 Å². The van der Waals surface area contributed by atoms with Crippen LogP contribution in [0.1, 0.15) is 20.3 Å². The van der Waals surface area contributed by atoms with Gasteiger partial charge >= 0.3 is 0 Å². The van der Waals surface area contributed by atoms with Crippen LogP contribution in [-0.2, 0) is 9.53 Å². The molecular formula is C12H19NO2. The summed E-state index contributed by atoms with van der Waals surface area (Å²) in [5.74, 6) is 1.08. The Morgan fingerprint density at radius 2 is 2.33 bits per heavy atom. The van der Waals surface area contributed by atoms with Crippen molar-refractivity contribution in [2.75, 3.05) is 13.7 Å². The van der Waals surface area contributed by atoms with Gasteiger partial charge in [0.1, 0.15) is 6.23 Å². The van der Waals surface area contributed by atoms with E-state index in [1.165, 1.54) is 0 Å². The van der Waals surface area contributed by atoms with E-state index in [9.17, 15) is 4.79 Å². The first kappa shape index (κ1) is 10.7. The molecule has 0 saturated carbocycles. The molecule has 3 heteroatoms. The monoisotopic (exact) mass is 209 g/mol. The molecule has 0 bridgehead atoms. The second kappa shape index (κ2) is 3.97. The number of rotatable bonds is 2. The number of ether oxygens (including phenoxy) is 1. The molecule has 0 aromatic carbocycles. The molecule has 1 aliphatic heterocycles. The molecule has 84 valence electrons. The van der Waals surface area contributed by atoms with E-state index >= 15 is 0 Å². The maximum atomic E-state index is 12.0. The largest absolute Gasteiger partial charge is 0.358 e. The van der Waals surface area contributed by atoms with Crippen molar-refractivity contribution in [3.63, 3.8) is 0 Å². The maximum absolute atomic E-state index is 12.0. The van der Waals surface area contributed by atoms with Crippen LogP contribution in [0, 0.1) is 17.8 Å². The van der Waals surface area contributed by atoms with Crippen molar-refractivity contribution in [2.24, 2.45) is 17.8 Å². The molecule has 2 rings (SSSR count). The van der Waals surface area contributed by atoms with Crippen LogP contribution in [0.25, 0.3) is 0 Å². The minimum atomic E-state index is -0.0140. The number of allylic oxidation sites excluding steroid dienone is 2. The maximum Gasteiger partial charge on any atom is 0.228 e. The predicted octanol–water partition coefficient (Wildman–Crippen LogP) is 1.65. The van der Waals surface area contributed by atoms with Gasteiger partial charge in [0.15, 0.2) is 0 Å². The molecule has 0 spiro atoms. The predicted molar refractivity (Wildman–Crippen MR) is 58.1 cm³/mol. The quantitative estimate of drug-likeness (QED) is 0.647. The van der Waals surface area contributed by atoms with Gasteiger partial charge in [-0.05, 0) is 19.3 Å². The summed E-state index contributed by atoms with van der Waals surface area (Å²) in [6.07, 6.45) is 5.29.